The fourth-order valence-electron chi connectivity index (χ4n) is 4.43. The van der Waals surface area contributed by atoms with E-state index in [-0.39, 0.29) is 5.56 Å². The number of esters is 1. The number of halogens is 1. The van der Waals surface area contributed by atoms with Crippen LogP contribution in [0.5, 0.6) is 11.5 Å². The van der Waals surface area contributed by atoms with Gasteiger partial charge in [0.1, 0.15) is 6.61 Å². The summed E-state index contributed by atoms with van der Waals surface area (Å²) in [4.78, 5) is 31.6. The predicted molar refractivity (Wildman–Crippen MR) is 151 cm³/mol. The Kier molecular flexibility index (Phi) is 7.67. The van der Waals surface area contributed by atoms with Crippen LogP contribution < -0.4 is 24.4 Å². The van der Waals surface area contributed by atoms with E-state index in [0.29, 0.717) is 43.7 Å². The van der Waals surface area contributed by atoms with Crippen LogP contribution in [-0.4, -0.2) is 24.8 Å². The Morgan fingerprint density at radius 1 is 1.05 bits per heavy atom. The first-order valence-corrected chi connectivity index (χ1v) is 13.3. The highest BCUT2D eigenvalue weighted by Gasteiger charge is 2.33. The lowest BCUT2D eigenvalue weighted by Crippen LogP contribution is -2.39. The maximum absolute atomic E-state index is 13.7. The number of rotatable bonds is 7. The number of allylic oxidation sites excluding steroid dienone is 1. The first kappa shape index (κ1) is 26.5. The summed E-state index contributed by atoms with van der Waals surface area (Å²) in [7, 11) is 2.89. The zero-order chi connectivity index (χ0) is 27.5. The Labute approximate surface area is 233 Å². The van der Waals surface area contributed by atoms with Crippen LogP contribution in [0.4, 0.5) is 0 Å². The van der Waals surface area contributed by atoms with Gasteiger partial charge in [0.2, 0.25) is 0 Å². The lowest BCUT2D eigenvalue weighted by Gasteiger charge is -2.24. The average molecular weight is 561 g/mol. The zero-order valence-corrected chi connectivity index (χ0v) is 23.1. The standard InChI is InChI=1S/C30H25ClN2O5S/c1-18-26(29(35)37-3)27(21-10-12-22(31)13-11-21)33-28(34)25(39-30(33)32-18)16-20-9-14-23(24(15-20)36-2)38-17-19-7-5-4-6-8-19/h4-16,27H,17H2,1-3H3/b25-16-/t27-/m1/s1. The Balaban J connectivity index is 1.55. The molecule has 1 aliphatic rings. The number of fused-ring (bicyclic) bond motifs is 1. The minimum absolute atomic E-state index is 0.268. The highest BCUT2D eigenvalue weighted by atomic mass is 35.5. The Hall–Kier alpha value is -4.14. The van der Waals surface area contributed by atoms with Gasteiger partial charge >= 0.3 is 5.97 Å². The van der Waals surface area contributed by atoms with Crippen molar-refractivity contribution in [3.8, 4) is 11.5 Å². The van der Waals surface area contributed by atoms with Crippen molar-refractivity contribution in [1.29, 1.82) is 0 Å². The number of hydrogen-bond donors (Lipinski definition) is 0. The highest BCUT2D eigenvalue weighted by Crippen LogP contribution is 2.32. The van der Waals surface area contributed by atoms with Gasteiger partial charge in [-0.2, -0.15) is 0 Å². The van der Waals surface area contributed by atoms with E-state index < -0.39 is 12.0 Å². The van der Waals surface area contributed by atoms with E-state index in [1.807, 2.05) is 48.5 Å². The summed E-state index contributed by atoms with van der Waals surface area (Å²) in [6.07, 6.45) is 1.78. The molecule has 1 aliphatic heterocycles. The number of ether oxygens (including phenoxy) is 3. The Morgan fingerprint density at radius 3 is 2.49 bits per heavy atom. The van der Waals surface area contributed by atoms with Crippen LogP contribution in [0.1, 0.15) is 29.7 Å². The van der Waals surface area contributed by atoms with Gasteiger partial charge in [-0.25, -0.2) is 9.79 Å². The summed E-state index contributed by atoms with van der Waals surface area (Å²) in [5.41, 5.74) is 3.06. The summed E-state index contributed by atoms with van der Waals surface area (Å²) in [6, 6.07) is 21.7. The van der Waals surface area contributed by atoms with Crippen molar-refractivity contribution in [2.45, 2.75) is 19.6 Å². The molecule has 0 unspecified atom stereocenters. The molecule has 1 aromatic heterocycles. The second-order valence-corrected chi connectivity index (χ2v) is 10.3. The fourth-order valence-corrected chi connectivity index (χ4v) is 5.61. The molecule has 5 rings (SSSR count). The molecule has 0 spiro atoms. The van der Waals surface area contributed by atoms with Crippen molar-refractivity contribution >= 4 is 35.0 Å². The molecular weight excluding hydrogens is 536 g/mol. The van der Waals surface area contributed by atoms with Crippen molar-refractivity contribution in [2.75, 3.05) is 14.2 Å². The molecule has 7 nitrogen and oxygen atoms in total. The lowest BCUT2D eigenvalue weighted by molar-refractivity contribution is -0.136. The van der Waals surface area contributed by atoms with Gasteiger partial charge < -0.3 is 14.2 Å². The molecule has 0 saturated heterocycles. The molecule has 1 atom stereocenters. The largest absolute Gasteiger partial charge is 0.493 e. The predicted octanol–water partition coefficient (Wildman–Crippen LogP) is 4.65. The van der Waals surface area contributed by atoms with Crippen molar-refractivity contribution in [3.05, 3.63) is 125 Å². The van der Waals surface area contributed by atoms with Gasteiger partial charge in [-0.3, -0.25) is 9.36 Å². The molecule has 0 radical (unpaired) electrons. The van der Waals surface area contributed by atoms with Gasteiger partial charge in [0.05, 0.1) is 36.1 Å². The van der Waals surface area contributed by atoms with E-state index in [1.165, 1.54) is 23.0 Å². The number of thiazole rings is 1. The zero-order valence-electron chi connectivity index (χ0n) is 21.5. The summed E-state index contributed by atoms with van der Waals surface area (Å²) in [5, 5.41) is 0.552. The monoisotopic (exact) mass is 560 g/mol. The van der Waals surface area contributed by atoms with E-state index in [0.717, 1.165) is 16.7 Å². The first-order chi connectivity index (χ1) is 18.9. The minimum atomic E-state index is -0.698. The summed E-state index contributed by atoms with van der Waals surface area (Å²) >= 11 is 7.36. The van der Waals surface area contributed by atoms with E-state index >= 15 is 0 Å². The van der Waals surface area contributed by atoms with Gasteiger partial charge in [0.25, 0.3) is 5.56 Å². The van der Waals surface area contributed by atoms with Gasteiger partial charge in [-0.05, 0) is 54.0 Å². The van der Waals surface area contributed by atoms with Crippen LogP contribution in [0.15, 0.2) is 93.9 Å². The van der Waals surface area contributed by atoms with Crippen LogP contribution in [0.25, 0.3) is 6.08 Å². The quantitative estimate of drug-likeness (QED) is 0.307. The van der Waals surface area contributed by atoms with Gasteiger partial charge in [-0.1, -0.05) is 71.5 Å². The van der Waals surface area contributed by atoms with Gasteiger partial charge in [-0.15, -0.1) is 0 Å². The third-order valence-electron chi connectivity index (χ3n) is 6.34. The maximum Gasteiger partial charge on any atom is 0.338 e. The molecule has 39 heavy (non-hydrogen) atoms. The third kappa shape index (κ3) is 5.39. The molecule has 0 fully saturated rings. The molecule has 3 aromatic carbocycles. The molecule has 0 bridgehead atoms. The molecule has 4 aromatic rings. The van der Waals surface area contributed by atoms with Crippen molar-refractivity contribution in [1.82, 2.24) is 4.57 Å². The fraction of sp³-hybridized carbons (Fsp3) is 0.167. The number of nitrogens with zero attached hydrogens (tertiary/aromatic N) is 2. The average Bonchev–Trinajstić information content (AvgIpc) is 3.26. The van der Waals surface area contributed by atoms with E-state index in [4.69, 9.17) is 25.8 Å². The number of hydrogen-bond acceptors (Lipinski definition) is 7. The van der Waals surface area contributed by atoms with E-state index in [9.17, 15) is 9.59 Å². The second-order valence-electron chi connectivity index (χ2n) is 8.81. The van der Waals surface area contributed by atoms with E-state index in [2.05, 4.69) is 4.99 Å². The molecule has 0 saturated carbocycles. The molecule has 0 aliphatic carbocycles. The third-order valence-corrected chi connectivity index (χ3v) is 7.57. The molecular formula is C30H25ClN2O5S. The van der Waals surface area contributed by atoms with Crippen LogP contribution in [0.2, 0.25) is 5.02 Å². The Bertz CT molecular complexity index is 1740. The highest BCUT2D eigenvalue weighted by molar-refractivity contribution is 7.07. The van der Waals surface area contributed by atoms with E-state index in [1.54, 1.807) is 44.4 Å². The molecule has 9 heteroatoms. The smallest absolute Gasteiger partial charge is 0.338 e. The van der Waals surface area contributed by atoms with Crippen LogP contribution in [-0.2, 0) is 16.1 Å². The normalized spacial score (nSPS) is 15.0. The number of benzene rings is 3. The summed E-state index contributed by atoms with van der Waals surface area (Å²) in [6.45, 7) is 2.15. The van der Waals surface area contributed by atoms with Crippen LogP contribution in [0.3, 0.4) is 0 Å². The second kappa shape index (κ2) is 11.3. The molecule has 0 amide bonds. The SMILES string of the molecule is COC(=O)C1=C(C)N=c2s/c(=C\c3ccc(OCc4ccccc4)c(OC)c3)c(=O)n2[C@@H]1c1ccc(Cl)cc1. The Morgan fingerprint density at radius 2 is 1.79 bits per heavy atom. The minimum Gasteiger partial charge on any atom is -0.493 e. The topological polar surface area (TPSA) is 79.1 Å². The number of aromatic nitrogens is 1. The maximum atomic E-state index is 13.7. The van der Waals surface area contributed by atoms with Crippen molar-refractivity contribution in [3.63, 3.8) is 0 Å². The molecule has 198 valence electrons. The first-order valence-electron chi connectivity index (χ1n) is 12.1. The number of carbonyl (C=O) groups is 1. The summed E-state index contributed by atoms with van der Waals surface area (Å²) < 4.78 is 18.6. The summed E-state index contributed by atoms with van der Waals surface area (Å²) in [5.74, 6) is 0.609. The van der Waals surface area contributed by atoms with Crippen molar-refractivity contribution < 1.29 is 19.0 Å². The van der Waals surface area contributed by atoms with Crippen LogP contribution >= 0.6 is 22.9 Å². The van der Waals surface area contributed by atoms with Gasteiger partial charge in [0, 0.05) is 5.02 Å². The molecule has 2 heterocycles. The van der Waals surface area contributed by atoms with Crippen molar-refractivity contribution in [2.24, 2.45) is 4.99 Å². The van der Waals surface area contributed by atoms with Gasteiger partial charge in [0.15, 0.2) is 16.3 Å². The molecule has 0 N–H and O–H groups in total. The lowest BCUT2D eigenvalue weighted by atomic mass is 9.96. The number of carbonyl (C=O) groups excluding carboxylic acids is 1. The number of methoxy groups -OCH3 is 2. The van der Waals surface area contributed by atoms with Crippen LogP contribution in [0, 0.1) is 0 Å².